The number of anilines is 1. The Kier molecular flexibility index (Phi) is 8.96. The third-order valence-electron chi connectivity index (χ3n) is 7.26. The van der Waals surface area contributed by atoms with Gasteiger partial charge in [-0.05, 0) is 82.2 Å². The Morgan fingerprint density at radius 3 is 2.40 bits per heavy atom. The van der Waals surface area contributed by atoms with Crippen molar-refractivity contribution in [1.82, 2.24) is 0 Å². The number of hydrogen-bond acceptors (Lipinski definition) is 5. The SMILES string of the molecule is C=N/N=C(/C)N1CC(CC(=C)C)N=C(c2ccc(-c3ccc(CCC(=C)C)cc3C#N)cc2)c2c1sc(C)c2C. The molecule has 40 heavy (non-hydrogen) atoms. The van der Waals surface area contributed by atoms with Crippen molar-refractivity contribution < 1.29 is 0 Å². The standard InChI is InChI=1S/C34H37N5S/c1-21(2)9-10-26-11-16-31(29(18-26)19-35)27-12-14-28(15-13-27)33-32-23(5)24(6)40-34(32)39(25(7)38-36-8)20-30(37-33)17-22(3)4/h11-16,18,30H,1,3,8-10,17,20H2,2,4-7H3/b38-25-. The number of nitrogens with zero attached hydrogens (tertiary/aromatic N) is 5. The molecule has 2 aromatic carbocycles. The van der Waals surface area contributed by atoms with Gasteiger partial charge in [0.1, 0.15) is 10.8 Å². The van der Waals surface area contributed by atoms with Crippen LogP contribution >= 0.6 is 11.3 Å². The van der Waals surface area contributed by atoms with E-state index in [1.807, 2.05) is 26.8 Å². The summed E-state index contributed by atoms with van der Waals surface area (Å²) in [6, 6.07) is 17.0. The number of amidine groups is 1. The van der Waals surface area contributed by atoms with Crippen molar-refractivity contribution in [3.8, 4) is 17.2 Å². The highest BCUT2D eigenvalue weighted by Gasteiger charge is 2.30. The smallest absolute Gasteiger partial charge is 0.129 e. The van der Waals surface area contributed by atoms with Gasteiger partial charge in [0.2, 0.25) is 0 Å². The van der Waals surface area contributed by atoms with Gasteiger partial charge in [-0.3, -0.25) is 4.99 Å². The summed E-state index contributed by atoms with van der Waals surface area (Å²) >= 11 is 1.76. The Morgan fingerprint density at radius 1 is 1.07 bits per heavy atom. The fourth-order valence-electron chi connectivity index (χ4n) is 5.08. The Balaban J connectivity index is 1.78. The minimum Gasteiger partial charge on any atom is -0.317 e. The highest BCUT2D eigenvalue weighted by Crippen LogP contribution is 2.40. The zero-order valence-corrected chi connectivity index (χ0v) is 25.0. The maximum absolute atomic E-state index is 9.90. The molecule has 5 nitrogen and oxygen atoms in total. The average Bonchev–Trinajstić information content (AvgIpc) is 3.11. The van der Waals surface area contributed by atoms with Gasteiger partial charge in [-0.2, -0.15) is 10.4 Å². The van der Waals surface area contributed by atoms with Gasteiger partial charge in [0.25, 0.3) is 0 Å². The number of hydrogen-bond donors (Lipinski definition) is 0. The third-order valence-corrected chi connectivity index (χ3v) is 8.49. The highest BCUT2D eigenvalue weighted by atomic mass is 32.1. The van der Waals surface area contributed by atoms with Gasteiger partial charge in [-0.25, -0.2) is 0 Å². The summed E-state index contributed by atoms with van der Waals surface area (Å²) < 4.78 is 0. The summed E-state index contributed by atoms with van der Waals surface area (Å²) in [7, 11) is 0. The predicted molar refractivity (Wildman–Crippen MR) is 172 cm³/mol. The second-order valence-electron chi connectivity index (χ2n) is 10.7. The van der Waals surface area contributed by atoms with E-state index in [2.05, 4.69) is 91.3 Å². The molecule has 0 saturated heterocycles. The molecule has 0 bridgehead atoms. The molecule has 0 spiro atoms. The number of nitriles is 1. The topological polar surface area (TPSA) is 64.1 Å². The van der Waals surface area contributed by atoms with Gasteiger partial charge in [-0.1, -0.05) is 47.5 Å². The van der Waals surface area contributed by atoms with Gasteiger partial charge in [0, 0.05) is 29.3 Å². The summed E-state index contributed by atoms with van der Waals surface area (Å²) in [5.41, 5.74) is 10.4. The van der Waals surface area contributed by atoms with Crippen molar-refractivity contribution in [3.05, 3.63) is 99.5 Å². The third kappa shape index (κ3) is 6.21. The zero-order valence-electron chi connectivity index (χ0n) is 24.2. The van der Waals surface area contributed by atoms with E-state index in [0.29, 0.717) is 12.1 Å². The first-order valence-corrected chi connectivity index (χ1v) is 14.3. The molecule has 6 heteroatoms. The number of aliphatic imine (C=N–C) groups is 1. The van der Waals surface area contributed by atoms with Crippen LogP contribution in [0.15, 0.2) is 82.0 Å². The van der Waals surface area contributed by atoms with Gasteiger partial charge in [0.05, 0.1) is 23.4 Å². The van der Waals surface area contributed by atoms with Crippen molar-refractivity contribution >= 4 is 34.6 Å². The van der Waals surface area contributed by atoms with E-state index < -0.39 is 0 Å². The van der Waals surface area contributed by atoms with Crippen molar-refractivity contribution in [2.45, 2.75) is 59.9 Å². The lowest BCUT2D eigenvalue weighted by molar-refractivity contribution is 0.677. The largest absolute Gasteiger partial charge is 0.317 e. The lowest BCUT2D eigenvalue weighted by Crippen LogP contribution is -2.34. The number of allylic oxidation sites excluding steroid dienone is 1. The molecule has 204 valence electrons. The van der Waals surface area contributed by atoms with Crippen LogP contribution in [0.5, 0.6) is 0 Å². The van der Waals surface area contributed by atoms with Crippen molar-refractivity contribution in [2.75, 3.05) is 11.4 Å². The second-order valence-corrected chi connectivity index (χ2v) is 11.9. The van der Waals surface area contributed by atoms with E-state index in [1.54, 1.807) is 11.3 Å². The molecule has 2 heterocycles. The molecule has 0 fully saturated rings. The van der Waals surface area contributed by atoms with Crippen LogP contribution in [0.1, 0.15) is 66.3 Å². The molecule has 1 aliphatic heterocycles. The summed E-state index contributed by atoms with van der Waals surface area (Å²) in [5.74, 6) is 0.798. The van der Waals surface area contributed by atoms with Crippen LogP contribution in [0.25, 0.3) is 11.1 Å². The lowest BCUT2D eigenvalue weighted by Gasteiger charge is -2.24. The minimum absolute atomic E-state index is 0.0124. The molecular formula is C34H37N5S. The molecule has 0 aliphatic carbocycles. The molecule has 0 radical (unpaired) electrons. The Hall–Kier alpha value is -4.08. The van der Waals surface area contributed by atoms with Crippen LogP contribution < -0.4 is 4.90 Å². The van der Waals surface area contributed by atoms with Crippen molar-refractivity contribution in [3.63, 3.8) is 0 Å². The van der Waals surface area contributed by atoms with E-state index in [1.165, 1.54) is 10.4 Å². The molecular weight excluding hydrogens is 510 g/mol. The summed E-state index contributed by atoms with van der Waals surface area (Å²) in [4.78, 5) is 8.81. The molecule has 3 aromatic rings. The molecule has 0 amide bonds. The summed E-state index contributed by atoms with van der Waals surface area (Å²) in [6.07, 6.45) is 2.59. The Labute approximate surface area is 242 Å². The highest BCUT2D eigenvalue weighted by molar-refractivity contribution is 7.17. The first-order valence-electron chi connectivity index (χ1n) is 13.5. The number of fused-ring (bicyclic) bond motifs is 1. The van der Waals surface area contributed by atoms with Crippen LogP contribution in [0.4, 0.5) is 5.00 Å². The fourth-order valence-corrected chi connectivity index (χ4v) is 6.30. The monoisotopic (exact) mass is 547 g/mol. The maximum atomic E-state index is 9.90. The first-order chi connectivity index (χ1) is 19.1. The molecule has 0 N–H and O–H groups in total. The van der Waals surface area contributed by atoms with Gasteiger partial charge in [-0.15, -0.1) is 29.6 Å². The summed E-state index contributed by atoms with van der Waals surface area (Å²) in [5, 5.41) is 19.1. The van der Waals surface area contributed by atoms with Gasteiger partial charge >= 0.3 is 0 Å². The van der Waals surface area contributed by atoms with Crippen LogP contribution in [0.2, 0.25) is 0 Å². The second kappa shape index (κ2) is 12.4. The van der Waals surface area contributed by atoms with Crippen molar-refractivity contribution in [1.29, 1.82) is 5.26 Å². The normalized spacial score (nSPS) is 15.1. The van der Waals surface area contributed by atoms with E-state index in [-0.39, 0.29) is 6.04 Å². The van der Waals surface area contributed by atoms with Crippen LogP contribution in [0.3, 0.4) is 0 Å². The van der Waals surface area contributed by atoms with Crippen LogP contribution in [-0.2, 0) is 6.42 Å². The Morgan fingerprint density at radius 2 is 1.77 bits per heavy atom. The summed E-state index contributed by atoms with van der Waals surface area (Å²) in [6.45, 7) is 22.8. The predicted octanol–water partition coefficient (Wildman–Crippen LogP) is 8.44. The molecule has 1 aromatic heterocycles. The van der Waals surface area contributed by atoms with Gasteiger partial charge in [0.15, 0.2) is 0 Å². The Bertz CT molecular complexity index is 1560. The maximum Gasteiger partial charge on any atom is 0.129 e. The molecule has 4 rings (SSSR count). The minimum atomic E-state index is 0.0124. The number of thiophene rings is 1. The molecule has 1 atom stereocenters. The fraction of sp³-hybridized carbons (Fsp3) is 0.294. The van der Waals surface area contributed by atoms with E-state index in [0.717, 1.165) is 74.8 Å². The molecule has 1 aliphatic rings. The van der Waals surface area contributed by atoms with Crippen LogP contribution in [-0.4, -0.2) is 30.9 Å². The van der Waals surface area contributed by atoms with E-state index in [4.69, 9.17) is 4.99 Å². The van der Waals surface area contributed by atoms with E-state index >= 15 is 0 Å². The van der Waals surface area contributed by atoms with Crippen LogP contribution in [0, 0.1) is 25.2 Å². The quantitative estimate of drug-likeness (QED) is 0.123. The van der Waals surface area contributed by atoms with Gasteiger partial charge < -0.3 is 4.90 Å². The zero-order chi connectivity index (χ0) is 29.0. The number of aryl methyl sites for hydroxylation is 2. The lowest BCUT2D eigenvalue weighted by atomic mass is 9.93. The van der Waals surface area contributed by atoms with E-state index in [9.17, 15) is 5.26 Å². The first kappa shape index (κ1) is 28.9. The van der Waals surface area contributed by atoms with Crippen molar-refractivity contribution in [2.24, 2.45) is 15.2 Å². The number of rotatable bonds is 8. The average molecular weight is 548 g/mol. The molecule has 1 unspecified atom stereocenters. The molecule has 0 saturated carbocycles. The number of benzene rings is 2.